The maximum Gasteiger partial charge on any atom is 0.261 e. The molecule has 11 heteroatoms. The molecule has 0 radical (unpaired) electrons. The van der Waals surface area contributed by atoms with Crippen LogP contribution in [0.5, 0.6) is 5.75 Å². The normalized spacial score (nSPS) is 11.7. The van der Waals surface area contributed by atoms with Gasteiger partial charge in [-0.2, -0.15) is 0 Å². The van der Waals surface area contributed by atoms with Gasteiger partial charge in [-0.3, -0.25) is 9.44 Å². The molecule has 2 N–H and O–H groups in total. The summed E-state index contributed by atoms with van der Waals surface area (Å²) in [6.45, 7) is 1.71. The predicted octanol–water partition coefficient (Wildman–Crippen LogP) is 4.86. The first-order valence-electron chi connectivity index (χ1n) is 8.78. The van der Waals surface area contributed by atoms with Crippen LogP contribution in [0.4, 0.5) is 11.4 Å². The second kappa shape index (κ2) is 9.23. The van der Waals surface area contributed by atoms with Gasteiger partial charge in [0.2, 0.25) is 0 Å². The lowest BCUT2D eigenvalue weighted by molar-refractivity contribution is 0.411. The minimum absolute atomic E-state index is 0.0196. The smallest absolute Gasteiger partial charge is 0.261 e. The van der Waals surface area contributed by atoms with Crippen molar-refractivity contribution in [2.45, 2.75) is 16.7 Å². The molecular formula is C20H18ClIN2O5S2. The van der Waals surface area contributed by atoms with E-state index in [4.69, 9.17) is 16.3 Å². The molecular weight excluding hydrogens is 575 g/mol. The molecule has 0 aliphatic rings. The first kappa shape index (κ1) is 23.6. The van der Waals surface area contributed by atoms with Crippen molar-refractivity contribution in [3.8, 4) is 5.75 Å². The van der Waals surface area contributed by atoms with E-state index in [2.05, 4.69) is 9.44 Å². The average molecular weight is 593 g/mol. The quantitative estimate of drug-likeness (QED) is 0.382. The van der Waals surface area contributed by atoms with Crippen molar-refractivity contribution in [3.05, 3.63) is 74.8 Å². The number of benzene rings is 3. The Morgan fingerprint density at radius 1 is 0.871 bits per heavy atom. The molecule has 0 saturated carbocycles. The molecule has 0 aliphatic carbocycles. The first-order chi connectivity index (χ1) is 14.5. The second-order valence-corrected chi connectivity index (χ2v) is 11.4. The molecule has 3 aromatic carbocycles. The molecule has 0 fully saturated rings. The summed E-state index contributed by atoms with van der Waals surface area (Å²) in [7, 11) is -6.24. The van der Waals surface area contributed by atoms with Crippen molar-refractivity contribution in [1.82, 2.24) is 0 Å². The Balaban J connectivity index is 1.81. The molecule has 0 aliphatic heterocycles. The molecule has 0 saturated heterocycles. The van der Waals surface area contributed by atoms with E-state index in [0.29, 0.717) is 25.6 Å². The van der Waals surface area contributed by atoms with E-state index in [1.807, 2.05) is 22.6 Å². The fraction of sp³-hybridized carbons (Fsp3) is 0.100. The molecule has 0 spiro atoms. The number of ether oxygens (including phenoxy) is 1. The van der Waals surface area contributed by atoms with Crippen LogP contribution < -0.4 is 14.2 Å². The van der Waals surface area contributed by atoms with Gasteiger partial charge in [0.25, 0.3) is 20.0 Å². The molecule has 164 valence electrons. The lowest BCUT2D eigenvalue weighted by atomic mass is 10.2. The van der Waals surface area contributed by atoms with Gasteiger partial charge in [-0.1, -0.05) is 17.7 Å². The summed E-state index contributed by atoms with van der Waals surface area (Å²) < 4.78 is 61.4. The van der Waals surface area contributed by atoms with Gasteiger partial charge in [0.05, 0.1) is 26.2 Å². The molecule has 3 aromatic rings. The molecule has 0 unspecified atom stereocenters. The highest BCUT2D eigenvalue weighted by atomic mass is 127. The largest absolute Gasteiger partial charge is 0.496 e. The minimum atomic E-state index is -3.88. The third kappa shape index (κ3) is 5.43. The van der Waals surface area contributed by atoms with Gasteiger partial charge >= 0.3 is 0 Å². The zero-order valence-corrected chi connectivity index (χ0v) is 20.9. The summed E-state index contributed by atoms with van der Waals surface area (Å²) >= 11 is 8.02. The summed E-state index contributed by atoms with van der Waals surface area (Å²) in [6, 6.07) is 14.8. The monoisotopic (exact) mass is 592 g/mol. The van der Waals surface area contributed by atoms with Gasteiger partial charge < -0.3 is 4.74 Å². The van der Waals surface area contributed by atoms with Crippen molar-refractivity contribution >= 4 is 65.6 Å². The summed E-state index contributed by atoms with van der Waals surface area (Å²) in [5, 5.41) is 0.443. The number of hydrogen-bond donors (Lipinski definition) is 2. The maximum absolute atomic E-state index is 12.7. The fourth-order valence-electron chi connectivity index (χ4n) is 2.65. The number of halogens is 2. The number of rotatable bonds is 7. The van der Waals surface area contributed by atoms with Gasteiger partial charge in [0, 0.05) is 10.7 Å². The highest BCUT2D eigenvalue weighted by Gasteiger charge is 2.19. The van der Waals surface area contributed by atoms with Crippen LogP contribution in [0.25, 0.3) is 0 Å². The Morgan fingerprint density at radius 2 is 1.48 bits per heavy atom. The van der Waals surface area contributed by atoms with Gasteiger partial charge in [0.15, 0.2) is 0 Å². The van der Waals surface area contributed by atoms with Crippen molar-refractivity contribution in [2.24, 2.45) is 0 Å². The molecule has 0 atom stereocenters. The van der Waals surface area contributed by atoms with Gasteiger partial charge in [0.1, 0.15) is 5.75 Å². The predicted molar refractivity (Wildman–Crippen MR) is 130 cm³/mol. The second-order valence-electron chi connectivity index (χ2n) is 6.44. The molecule has 0 heterocycles. The Labute approximate surface area is 200 Å². The fourth-order valence-corrected chi connectivity index (χ4v) is 5.98. The molecule has 0 aromatic heterocycles. The van der Waals surface area contributed by atoms with Crippen molar-refractivity contribution < 1.29 is 21.6 Å². The molecule has 7 nitrogen and oxygen atoms in total. The Bertz CT molecular complexity index is 1330. The number of nitrogens with one attached hydrogen (secondary N) is 2. The first-order valence-corrected chi connectivity index (χ1v) is 13.2. The van der Waals surface area contributed by atoms with E-state index in [0.717, 1.165) is 0 Å². The number of anilines is 2. The number of methoxy groups -OCH3 is 1. The van der Waals surface area contributed by atoms with Crippen LogP contribution in [0.15, 0.2) is 70.5 Å². The number of sulfonamides is 2. The van der Waals surface area contributed by atoms with Crippen molar-refractivity contribution in [1.29, 1.82) is 0 Å². The van der Waals surface area contributed by atoms with E-state index in [-0.39, 0.29) is 15.5 Å². The van der Waals surface area contributed by atoms with E-state index in [9.17, 15) is 16.8 Å². The summed E-state index contributed by atoms with van der Waals surface area (Å²) in [6.07, 6.45) is 0. The average Bonchev–Trinajstić information content (AvgIpc) is 2.71. The van der Waals surface area contributed by atoms with Gasteiger partial charge in [-0.05, 0) is 89.7 Å². The van der Waals surface area contributed by atoms with Gasteiger partial charge in [-0.25, -0.2) is 16.8 Å². The van der Waals surface area contributed by atoms with Crippen LogP contribution in [0, 0.1) is 10.5 Å². The summed E-state index contributed by atoms with van der Waals surface area (Å²) in [5.41, 5.74) is 1.20. The zero-order valence-electron chi connectivity index (χ0n) is 16.4. The van der Waals surface area contributed by atoms with Gasteiger partial charge in [-0.15, -0.1) is 0 Å². The molecule has 0 bridgehead atoms. The van der Waals surface area contributed by atoms with E-state index >= 15 is 0 Å². The van der Waals surface area contributed by atoms with E-state index < -0.39 is 20.0 Å². The minimum Gasteiger partial charge on any atom is -0.496 e. The van der Waals surface area contributed by atoms with Crippen LogP contribution in [0.2, 0.25) is 5.02 Å². The molecule has 0 amide bonds. The Kier molecular flexibility index (Phi) is 7.04. The zero-order chi connectivity index (χ0) is 22.8. The Hall–Kier alpha value is -2.02. The van der Waals surface area contributed by atoms with Crippen LogP contribution >= 0.6 is 34.2 Å². The van der Waals surface area contributed by atoms with Crippen LogP contribution in [-0.4, -0.2) is 23.9 Å². The van der Waals surface area contributed by atoms with E-state index in [1.165, 1.54) is 43.5 Å². The lowest BCUT2D eigenvalue weighted by Crippen LogP contribution is -2.15. The highest BCUT2D eigenvalue weighted by molar-refractivity contribution is 14.1. The SMILES string of the molecule is COc1ccc(S(=O)(=O)Nc2ccc(S(=O)(=O)Nc3cccc(Cl)c3C)cc2)cc1I. The lowest BCUT2D eigenvalue weighted by Gasteiger charge is -2.13. The Morgan fingerprint density at radius 3 is 2.10 bits per heavy atom. The third-order valence-corrected chi connectivity index (χ3v) is 8.38. The summed E-state index contributed by atoms with van der Waals surface area (Å²) in [5.74, 6) is 0.566. The highest BCUT2D eigenvalue weighted by Crippen LogP contribution is 2.27. The van der Waals surface area contributed by atoms with Crippen LogP contribution in [-0.2, 0) is 20.0 Å². The maximum atomic E-state index is 12.7. The number of hydrogen-bond acceptors (Lipinski definition) is 5. The van der Waals surface area contributed by atoms with Crippen LogP contribution in [0.3, 0.4) is 0 Å². The standard InChI is InChI=1S/C20H18ClIN2O5S2/c1-13-17(21)4-3-5-19(13)24-30(25,26)15-8-6-14(7-9-15)23-31(27,28)16-10-11-20(29-2)18(22)12-16/h3-12,23-24H,1-2H3. The van der Waals surface area contributed by atoms with Crippen LogP contribution in [0.1, 0.15) is 5.56 Å². The summed E-state index contributed by atoms with van der Waals surface area (Å²) in [4.78, 5) is 0.0429. The van der Waals surface area contributed by atoms with Crippen molar-refractivity contribution in [2.75, 3.05) is 16.6 Å². The molecule has 31 heavy (non-hydrogen) atoms. The molecule has 3 rings (SSSR count). The third-order valence-electron chi connectivity index (χ3n) is 4.36. The topological polar surface area (TPSA) is 102 Å². The van der Waals surface area contributed by atoms with E-state index in [1.54, 1.807) is 31.2 Å². The van der Waals surface area contributed by atoms with Crippen molar-refractivity contribution in [3.63, 3.8) is 0 Å².